The molecule has 0 aliphatic rings. The number of hydrogen-bond donors (Lipinski definition) is 4. The van der Waals surface area contributed by atoms with Crippen molar-refractivity contribution < 1.29 is 41.9 Å². The van der Waals surface area contributed by atoms with Crippen LogP contribution in [0.4, 0.5) is 0 Å². The fourth-order valence-corrected chi connectivity index (χ4v) is 1.68. The summed E-state index contributed by atoms with van der Waals surface area (Å²) in [6.07, 6.45) is 3.20. The summed E-state index contributed by atoms with van der Waals surface area (Å²) in [6.45, 7) is 1.32. The van der Waals surface area contributed by atoms with Crippen LogP contribution in [0.2, 0.25) is 0 Å². The number of rotatable bonds is 6. The van der Waals surface area contributed by atoms with Gasteiger partial charge in [0.15, 0.2) is 18.5 Å². The van der Waals surface area contributed by atoms with E-state index in [1.165, 1.54) is 19.2 Å². The van der Waals surface area contributed by atoms with Crippen LogP contribution in [0.3, 0.4) is 0 Å². The number of pyridine rings is 1. The van der Waals surface area contributed by atoms with Gasteiger partial charge >= 0.3 is 5.97 Å². The van der Waals surface area contributed by atoms with Gasteiger partial charge in [-0.25, -0.2) is 9.36 Å². The zero-order valence-electron chi connectivity index (χ0n) is 10.9. The van der Waals surface area contributed by atoms with Crippen LogP contribution in [-0.2, 0) is 22.7 Å². The molecule has 1 rings (SSSR count). The highest BCUT2D eigenvalue weighted by Gasteiger charge is 2.20. The fraction of sp³-hybridized carbons (Fsp3) is 0.417. The molecule has 4 N–H and O–H groups in total. The van der Waals surface area contributed by atoms with E-state index in [4.69, 9.17) is 10.2 Å². The zero-order chi connectivity index (χ0) is 14.4. The number of aliphatic hydroxyl groups is 1. The van der Waals surface area contributed by atoms with Gasteiger partial charge in [0.2, 0.25) is 12.1 Å². The molecule has 0 fully saturated rings. The third kappa shape index (κ3) is 5.85. The lowest BCUT2D eigenvalue weighted by Crippen LogP contribution is -3.00. The first kappa shape index (κ1) is 18.1. The second kappa shape index (κ2) is 8.34. The van der Waals surface area contributed by atoms with Gasteiger partial charge in [-0.3, -0.25) is 4.79 Å². The molecule has 0 bridgehead atoms. The summed E-state index contributed by atoms with van der Waals surface area (Å²) in [5.74, 6) is -1.54. The third-order valence-electron chi connectivity index (χ3n) is 2.50. The number of carboxylic acids is 1. The molecular weight excluding hydrogens is 288 g/mol. The molecule has 1 unspecified atom stereocenters. The van der Waals surface area contributed by atoms with E-state index in [1.807, 2.05) is 0 Å². The SMILES string of the molecule is CC(=O)NC(CC[n+]1cc(O)cc(CO)c1)C(=O)O.[Cl-]. The van der Waals surface area contributed by atoms with Crippen molar-refractivity contribution in [3.63, 3.8) is 0 Å². The van der Waals surface area contributed by atoms with Gasteiger partial charge in [0.05, 0.1) is 6.61 Å². The topological polar surface area (TPSA) is 111 Å². The Kier molecular flexibility index (Phi) is 7.56. The number of aromatic hydroxyl groups is 1. The summed E-state index contributed by atoms with van der Waals surface area (Å²) in [5.41, 5.74) is 0.520. The highest BCUT2D eigenvalue weighted by atomic mass is 35.5. The van der Waals surface area contributed by atoms with Crippen LogP contribution in [0.1, 0.15) is 18.9 Å². The number of hydrogen-bond acceptors (Lipinski definition) is 4. The summed E-state index contributed by atoms with van der Waals surface area (Å²) in [5, 5.41) is 29.7. The van der Waals surface area contributed by atoms with Crippen molar-refractivity contribution in [3.05, 3.63) is 24.0 Å². The Balaban J connectivity index is 0.00000361. The number of carbonyl (C=O) groups excluding carboxylic acids is 1. The maximum atomic E-state index is 10.9. The third-order valence-corrected chi connectivity index (χ3v) is 2.50. The highest BCUT2D eigenvalue weighted by Crippen LogP contribution is 2.07. The normalized spacial score (nSPS) is 11.3. The summed E-state index contributed by atoms with van der Waals surface area (Å²) in [6, 6.07) is 0.434. The molecule has 0 saturated heterocycles. The first-order valence-electron chi connectivity index (χ1n) is 5.75. The molecule has 0 saturated carbocycles. The Labute approximate surface area is 122 Å². The Morgan fingerprint density at radius 2 is 2.05 bits per heavy atom. The first-order valence-corrected chi connectivity index (χ1v) is 5.75. The van der Waals surface area contributed by atoms with Crippen LogP contribution in [0, 0.1) is 0 Å². The Morgan fingerprint density at radius 1 is 1.40 bits per heavy atom. The number of amides is 1. The number of carboxylic acid groups (broad SMARTS) is 1. The second-order valence-corrected chi connectivity index (χ2v) is 4.18. The number of nitrogens with one attached hydrogen (secondary N) is 1. The number of nitrogens with zero attached hydrogens (tertiary/aromatic N) is 1. The van der Waals surface area contributed by atoms with Crippen LogP contribution in [0.5, 0.6) is 5.75 Å². The van der Waals surface area contributed by atoms with E-state index in [0.29, 0.717) is 12.1 Å². The van der Waals surface area contributed by atoms with E-state index in [0.717, 1.165) is 0 Å². The smallest absolute Gasteiger partial charge is 0.326 e. The minimum absolute atomic E-state index is 0. The highest BCUT2D eigenvalue weighted by molar-refractivity contribution is 5.81. The van der Waals surface area contributed by atoms with Gasteiger partial charge in [-0.05, 0) is 6.07 Å². The molecule has 0 aliphatic carbocycles. The molecule has 0 aromatic carbocycles. The predicted molar refractivity (Wildman–Crippen MR) is 64.1 cm³/mol. The zero-order valence-corrected chi connectivity index (χ0v) is 11.7. The van der Waals surface area contributed by atoms with Gasteiger partial charge in [0.1, 0.15) is 6.04 Å². The molecule has 1 aromatic rings. The van der Waals surface area contributed by atoms with Crippen LogP contribution in [0.25, 0.3) is 0 Å². The number of aryl methyl sites for hydroxylation is 1. The van der Waals surface area contributed by atoms with E-state index in [-0.39, 0.29) is 31.2 Å². The minimum Gasteiger partial charge on any atom is -1.00 e. The van der Waals surface area contributed by atoms with Crippen molar-refractivity contribution in [2.45, 2.75) is 32.5 Å². The van der Waals surface area contributed by atoms with Gasteiger partial charge in [-0.2, -0.15) is 0 Å². The van der Waals surface area contributed by atoms with E-state index >= 15 is 0 Å². The quantitative estimate of drug-likeness (QED) is 0.402. The monoisotopic (exact) mass is 304 g/mol. The van der Waals surface area contributed by atoms with E-state index in [9.17, 15) is 14.7 Å². The van der Waals surface area contributed by atoms with Crippen molar-refractivity contribution in [2.24, 2.45) is 0 Å². The summed E-state index contributed by atoms with van der Waals surface area (Å²) in [7, 11) is 0. The largest absolute Gasteiger partial charge is 1.00 e. The van der Waals surface area contributed by atoms with Crippen molar-refractivity contribution >= 4 is 11.9 Å². The average molecular weight is 305 g/mol. The van der Waals surface area contributed by atoms with E-state index in [1.54, 1.807) is 10.8 Å². The van der Waals surface area contributed by atoms with Crippen molar-refractivity contribution in [3.8, 4) is 5.75 Å². The average Bonchev–Trinajstić information content (AvgIpc) is 2.33. The standard InChI is InChI=1S/C12H16N2O5.ClH/c1-8(16)13-11(12(18)19)2-3-14-5-9(7-15)4-10(17)6-14;/h4-6,11,15H,2-3,7H2,1H3,(H2-,13,16,17,18,19);1H. The van der Waals surface area contributed by atoms with Gasteiger partial charge < -0.3 is 33.0 Å². The van der Waals surface area contributed by atoms with Gasteiger partial charge in [0, 0.05) is 18.9 Å². The molecule has 0 radical (unpaired) electrons. The molecule has 1 aromatic heterocycles. The predicted octanol–water partition coefficient (Wildman–Crippen LogP) is -3.84. The molecule has 0 spiro atoms. The molecule has 1 heterocycles. The second-order valence-electron chi connectivity index (χ2n) is 4.18. The Morgan fingerprint density at radius 3 is 2.55 bits per heavy atom. The van der Waals surface area contributed by atoms with Crippen LogP contribution < -0.4 is 22.3 Å². The van der Waals surface area contributed by atoms with Gasteiger partial charge in [-0.15, -0.1) is 0 Å². The Hall–Kier alpha value is -1.86. The molecule has 7 nitrogen and oxygen atoms in total. The number of aliphatic carboxylic acids is 1. The lowest BCUT2D eigenvalue weighted by molar-refractivity contribution is -0.698. The molecular formula is C12H17ClN2O5. The van der Waals surface area contributed by atoms with Crippen molar-refractivity contribution in [1.29, 1.82) is 0 Å². The molecule has 1 amide bonds. The number of aromatic nitrogens is 1. The molecule has 20 heavy (non-hydrogen) atoms. The number of aliphatic hydroxyl groups excluding tert-OH is 1. The van der Waals surface area contributed by atoms with Crippen LogP contribution in [-0.4, -0.2) is 33.2 Å². The number of carbonyl (C=O) groups is 2. The van der Waals surface area contributed by atoms with Crippen molar-refractivity contribution in [1.82, 2.24) is 5.32 Å². The molecule has 1 atom stereocenters. The van der Waals surface area contributed by atoms with Gasteiger partial charge in [-0.1, -0.05) is 0 Å². The van der Waals surface area contributed by atoms with Crippen LogP contribution in [0.15, 0.2) is 18.5 Å². The summed E-state index contributed by atoms with van der Waals surface area (Å²) >= 11 is 0. The lowest BCUT2D eigenvalue weighted by Gasteiger charge is -2.11. The maximum absolute atomic E-state index is 10.9. The lowest BCUT2D eigenvalue weighted by atomic mass is 10.2. The number of halogens is 1. The Bertz CT molecular complexity index is 481. The van der Waals surface area contributed by atoms with Gasteiger partial charge in [0.25, 0.3) is 0 Å². The van der Waals surface area contributed by atoms with E-state index in [2.05, 4.69) is 5.32 Å². The molecule has 8 heteroatoms. The summed E-state index contributed by atoms with van der Waals surface area (Å²) in [4.78, 5) is 21.8. The van der Waals surface area contributed by atoms with Crippen molar-refractivity contribution in [2.75, 3.05) is 0 Å². The maximum Gasteiger partial charge on any atom is 0.326 e. The molecule has 112 valence electrons. The first-order chi connectivity index (χ1) is 8.92. The van der Waals surface area contributed by atoms with E-state index < -0.39 is 17.9 Å². The van der Waals surface area contributed by atoms with Crippen LogP contribution >= 0.6 is 0 Å². The fourth-order valence-electron chi connectivity index (χ4n) is 1.68. The summed E-state index contributed by atoms with van der Waals surface area (Å²) < 4.78 is 1.57. The molecule has 0 aliphatic heterocycles. The minimum atomic E-state index is -1.11.